The Bertz CT molecular complexity index is 1830. The van der Waals surface area contributed by atoms with Crippen LogP contribution in [0.4, 0.5) is 5.13 Å². The molecule has 1 aromatic heterocycles. The molecule has 0 bridgehead atoms. The van der Waals surface area contributed by atoms with E-state index in [4.69, 9.17) is 0 Å². The molecule has 0 radical (unpaired) electrons. The van der Waals surface area contributed by atoms with Crippen LogP contribution in [0.15, 0.2) is 109 Å². The van der Waals surface area contributed by atoms with Gasteiger partial charge in [-0.25, -0.2) is 4.98 Å². The Balaban J connectivity index is 1.13. The number of aromatic nitrogens is 1. The van der Waals surface area contributed by atoms with E-state index in [1.807, 2.05) is 77.0 Å². The predicted molar refractivity (Wildman–Crippen MR) is 184 cm³/mol. The van der Waals surface area contributed by atoms with Gasteiger partial charge in [-0.3, -0.25) is 19.7 Å². The number of nitrogens with zero attached hydrogens (tertiary/aromatic N) is 2. The highest BCUT2D eigenvalue weighted by molar-refractivity contribution is 7.14. The third-order valence-electron chi connectivity index (χ3n) is 8.30. The largest absolute Gasteiger partial charge is 0.341 e. The number of hydrogen-bond acceptors (Lipinski definition) is 5. The molecule has 4 aromatic carbocycles. The fourth-order valence-corrected chi connectivity index (χ4v) is 6.38. The van der Waals surface area contributed by atoms with Crippen LogP contribution in [-0.4, -0.2) is 40.7 Å². The zero-order chi connectivity index (χ0) is 32.0. The summed E-state index contributed by atoms with van der Waals surface area (Å²) < 4.78 is 0. The normalized spacial score (nSPS) is 13.4. The van der Waals surface area contributed by atoms with Crippen molar-refractivity contribution in [3.05, 3.63) is 131 Å². The van der Waals surface area contributed by atoms with Crippen molar-refractivity contribution in [2.75, 3.05) is 18.4 Å². The monoisotopic (exact) mass is 628 g/mol. The molecular formula is C38H36N4O3S. The van der Waals surface area contributed by atoms with E-state index in [9.17, 15) is 14.4 Å². The first-order chi connectivity index (χ1) is 22.4. The number of hydrogen-bond donors (Lipinski definition) is 2. The van der Waals surface area contributed by atoms with Gasteiger partial charge in [-0.2, -0.15) is 0 Å². The minimum Gasteiger partial charge on any atom is -0.341 e. The quantitative estimate of drug-likeness (QED) is 0.173. The van der Waals surface area contributed by atoms with Gasteiger partial charge in [-0.05, 0) is 59.2 Å². The van der Waals surface area contributed by atoms with Gasteiger partial charge in [0, 0.05) is 35.2 Å². The number of benzene rings is 4. The van der Waals surface area contributed by atoms with Gasteiger partial charge in [-0.1, -0.05) is 98.8 Å². The van der Waals surface area contributed by atoms with Crippen LogP contribution in [0.3, 0.4) is 0 Å². The van der Waals surface area contributed by atoms with Gasteiger partial charge in [-0.15, -0.1) is 11.3 Å². The van der Waals surface area contributed by atoms with Crippen molar-refractivity contribution < 1.29 is 14.4 Å². The lowest BCUT2D eigenvalue weighted by molar-refractivity contribution is -0.132. The van der Waals surface area contributed by atoms with E-state index in [2.05, 4.69) is 53.7 Å². The Kier molecular flexibility index (Phi) is 9.36. The van der Waals surface area contributed by atoms with E-state index in [0.717, 1.165) is 35.1 Å². The standard InChI is InChI=1S/C38H36N4O3S/c1-25(2)26-14-16-27(17-15-26)31-12-6-7-13-32(31)36(44)41-38-39-33(24-46-38)28-18-20-30(21-19-28)35(43)40-34(29-10-4-3-5-11-29)37(45)42-22-8-9-23-42/h3-7,10-21,24-25,34H,8-9,22-23H2,1-2H3,(H,40,43)(H,39,41,44)/t34-/m0/s1. The van der Waals surface area contributed by atoms with Crippen LogP contribution in [0.1, 0.15) is 70.5 Å². The molecule has 1 aliphatic heterocycles. The zero-order valence-electron chi connectivity index (χ0n) is 25.9. The van der Waals surface area contributed by atoms with Crippen molar-refractivity contribution in [2.45, 2.75) is 38.6 Å². The first-order valence-corrected chi connectivity index (χ1v) is 16.5. The van der Waals surface area contributed by atoms with Crippen LogP contribution in [0.2, 0.25) is 0 Å². The second-order valence-electron chi connectivity index (χ2n) is 11.7. The molecule has 6 rings (SSSR count). The zero-order valence-corrected chi connectivity index (χ0v) is 26.7. The van der Waals surface area contributed by atoms with Gasteiger partial charge in [0.25, 0.3) is 11.8 Å². The number of nitrogens with one attached hydrogen (secondary N) is 2. The number of carbonyl (C=O) groups is 3. The summed E-state index contributed by atoms with van der Waals surface area (Å²) in [5.74, 6) is -0.204. The maximum Gasteiger partial charge on any atom is 0.258 e. The van der Waals surface area contributed by atoms with E-state index in [1.54, 1.807) is 12.1 Å². The summed E-state index contributed by atoms with van der Waals surface area (Å²) in [5, 5.41) is 8.28. The Hall–Kier alpha value is -5.08. The second kappa shape index (κ2) is 13.9. The van der Waals surface area contributed by atoms with Gasteiger partial charge in [0.2, 0.25) is 5.91 Å². The average Bonchev–Trinajstić information content (AvgIpc) is 3.81. The van der Waals surface area contributed by atoms with Crippen molar-refractivity contribution in [1.29, 1.82) is 0 Å². The molecule has 0 aliphatic carbocycles. The first kappa shape index (κ1) is 30.9. The van der Waals surface area contributed by atoms with Crippen molar-refractivity contribution in [1.82, 2.24) is 15.2 Å². The average molecular weight is 629 g/mol. The van der Waals surface area contributed by atoms with E-state index in [-0.39, 0.29) is 17.7 Å². The highest BCUT2D eigenvalue weighted by Gasteiger charge is 2.29. The highest BCUT2D eigenvalue weighted by Crippen LogP contribution is 2.29. The van der Waals surface area contributed by atoms with Crippen molar-refractivity contribution >= 4 is 34.2 Å². The highest BCUT2D eigenvalue weighted by atomic mass is 32.1. The molecule has 1 aliphatic rings. The summed E-state index contributed by atoms with van der Waals surface area (Å²) >= 11 is 1.34. The third kappa shape index (κ3) is 6.92. The molecule has 8 heteroatoms. The molecule has 2 heterocycles. The van der Waals surface area contributed by atoms with Gasteiger partial charge in [0.05, 0.1) is 5.69 Å². The summed E-state index contributed by atoms with van der Waals surface area (Å²) in [6.07, 6.45) is 1.95. The molecule has 1 fully saturated rings. The lowest BCUT2D eigenvalue weighted by Crippen LogP contribution is -2.41. The van der Waals surface area contributed by atoms with Crippen LogP contribution < -0.4 is 10.6 Å². The summed E-state index contributed by atoms with van der Waals surface area (Å²) in [4.78, 5) is 46.4. The molecule has 46 heavy (non-hydrogen) atoms. The van der Waals surface area contributed by atoms with Crippen molar-refractivity contribution in [3.63, 3.8) is 0 Å². The fourth-order valence-electron chi connectivity index (χ4n) is 5.67. The first-order valence-electron chi connectivity index (χ1n) is 15.6. The number of rotatable bonds is 9. The van der Waals surface area contributed by atoms with Crippen LogP contribution >= 0.6 is 11.3 Å². The molecule has 7 nitrogen and oxygen atoms in total. The molecule has 2 N–H and O–H groups in total. The van der Waals surface area contributed by atoms with Gasteiger partial charge < -0.3 is 10.2 Å². The van der Waals surface area contributed by atoms with Gasteiger partial charge >= 0.3 is 0 Å². The summed E-state index contributed by atoms with van der Waals surface area (Å²) in [6, 6.07) is 31.6. The summed E-state index contributed by atoms with van der Waals surface area (Å²) in [7, 11) is 0. The smallest absolute Gasteiger partial charge is 0.258 e. The third-order valence-corrected chi connectivity index (χ3v) is 9.06. The molecule has 1 atom stereocenters. The molecule has 3 amide bonds. The summed E-state index contributed by atoms with van der Waals surface area (Å²) in [5.41, 5.74) is 6.37. The fraction of sp³-hybridized carbons (Fsp3) is 0.211. The Labute approximate surface area is 273 Å². The topological polar surface area (TPSA) is 91.4 Å². The van der Waals surface area contributed by atoms with Crippen LogP contribution in [0.25, 0.3) is 22.4 Å². The van der Waals surface area contributed by atoms with E-state index >= 15 is 0 Å². The SMILES string of the molecule is CC(C)c1ccc(-c2ccccc2C(=O)Nc2nc(-c3ccc(C(=O)N[C@H](C(=O)N4CCCC4)c4ccccc4)cc3)cs2)cc1. The Morgan fingerprint density at radius 1 is 0.739 bits per heavy atom. The summed E-state index contributed by atoms with van der Waals surface area (Å²) in [6.45, 7) is 5.74. The molecule has 5 aromatic rings. The lowest BCUT2D eigenvalue weighted by Gasteiger charge is -2.24. The van der Waals surface area contributed by atoms with Gasteiger partial charge in [0.1, 0.15) is 6.04 Å². The number of thiazole rings is 1. The Morgan fingerprint density at radius 3 is 2.09 bits per heavy atom. The van der Waals surface area contributed by atoms with E-state index in [1.165, 1.54) is 16.9 Å². The van der Waals surface area contributed by atoms with E-state index in [0.29, 0.717) is 41.0 Å². The second-order valence-corrected chi connectivity index (χ2v) is 12.6. The number of anilines is 1. The molecule has 0 saturated carbocycles. The van der Waals surface area contributed by atoms with Crippen LogP contribution in [0.5, 0.6) is 0 Å². The van der Waals surface area contributed by atoms with Crippen LogP contribution in [0, 0.1) is 0 Å². The number of carbonyl (C=O) groups excluding carboxylic acids is 3. The molecule has 0 spiro atoms. The van der Waals surface area contributed by atoms with Crippen molar-refractivity contribution in [3.8, 4) is 22.4 Å². The molecule has 232 valence electrons. The minimum atomic E-state index is -0.749. The maximum atomic E-state index is 13.4. The minimum absolute atomic E-state index is 0.0858. The van der Waals surface area contributed by atoms with E-state index < -0.39 is 6.04 Å². The molecule has 0 unspecified atom stereocenters. The van der Waals surface area contributed by atoms with Crippen LogP contribution in [-0.2, 0) is 4.79 Å². The number of amides is 3. The predicted octanol–water partition coefficient (Wildman–Crippen LogP) is 7.95. The molecule has 1 saturated heterocycles. The molecular weight excluding hydrogens is 593 g/mol. The number of likely N-dealkylation sites (tertiary alicyclic amines) is 1. The van der Waals surface area contributed by atoms with Crippen molar-refractivity contribution in [2.24, 2.45) is 0 Å². The Morgan fingerprint density at radius 2 is 1.39 bits per heavy atom. The lowest BCUT2D eigenvalue weighted by atomic mass is 9.96. The van der Waals surface area contributed by atoms with Gasteiger partial charge in [0.15, 0.2) is 5.13 Å². The maximum absolute atomic E-state index is 13.4.